The molecule has 0 unspecified atom stereocenters. The standard InChI is InChI=1S/2C32H19NO7/c2*1-17(34)37-29-21-10-4-7-13-26(21)39-32(36)27(29)30-22(18-14-15-33-24-11-5-2-8-19(18)24)16-23-28(40-30)20-9-3-6-12-25(20)38-31(23)35/h2*2-16,30H,1H3/t2*30-/m10/s1. The summed E-state index contributed by atoms with van der Waals surface area (Å²) in [7, 11) is 0. The number of pyridine rings is 2. The molecular formula is C64H38N2O14. The molecule has 6 aromatic heterocycles. The lowest BCUT2D eigenvalue weighted by atomic mass is 9.89. The molecule has 0 aliphatic carbocycles. The molecule has 0 bridgehead atoms. The van der Waals surface area contributed by atoms with E-state index < -0.39 is 46.6 Å². The van der Waals surface area contributed by atoms with Gasteiger partial charge in [0.1, 0.15) is 56.1 Å². The lowest BCUT2D eigenvalue weighted by Crippen LogP contribution is -2.25. The Labute approximate surface area is 449 Å². The Hall–Kier alpha value is -11.0. The maximum atomic E-state index is 13.7. The lowest BCUT2D eigenvalue weighted by Gasteiger charge is -2.29. The number of para-hydroxylation sites is 6. The molecule has 12 aromatic rings. The van der Waals surface area contributed by atoms with Crippen molar-refractivity contribution in [3.8, 4) is 23.0 Å². The van der Waals surface area contributed by atoms with Gasteiger partial charge in [0.2, 0.25) is 0 Å². The third kappa shape index (κ3) is 8.35. The van der Waals surface area contributed by atoms with Crippen LogP contribution in [0.5, 0.6) is 23.0 Å². The molecule has 0 radical (unpaired) electrons. The predicted octanol–water partition coefficient (Wildman–Crippen LogP) is 12.1. The SMILES string of the molecule is CC(=O)Oc1c([C@@H]2Oc3c(c(=O)oc4ccccc34)C=C2c2ccnc3ccccc23)c(=O)oc2ccccc12.CC(=O)Oc1c([C@H]2Oc3c(c(=O)oc4ccccc34)C=C2c2ccnc3ccccc23)c(=O)oc2ccccc12. The Morgan fingerprint density at radius 1 is 0.400 bits per heavy atom. The molecule has 2 aliphatic rings. The molecule has 0 saturated carbocycles. The molecule has 80 heavy (non-hydrogen) atoms. The largest absolute Gasteiger partial charge is 0.479 e. The van der Waals surface area contributed by atoms with Crippen LogP contribution in [0.25, 0.3) is 89.0 Å². The van der Waals surface area contributed by atoms with E-state index in [9.17, 15) is 28.8 Å². The number of aromatic nitrogens is 2. The van der Waals surface area contributed by atoms with Gasteiger partial charge in [0.05, 0.1) is 32.6 Å². The second-order valence-corrected chi connectivity index (χ2v) is 18.6. The topological polar surface area (TPSA) is 218 Å². The molecule has 0 fully saturated rings. The molecule has 0 N–H and O–H groups in total. The van der Waals surface area contributed by atoms with Gasteiger partial charge in [0.25, 0.3) is 0 Å². The van der Waals surface area contributed by atoms with Crippen molar-refractivity contribution in [3.05, 3.63) is 245 Å². The van der Waals surface area contributed by atoms with Crippen LogP contribution >= 0.6 is 0 Å². The van der Waals surface area contributed by atoms with Crippen molar-refractivity contribution < 1.29 is 46.2 Å². The molecule has 2 aliphatic heterocycles. The summed E-state index contributed by atoms with van der Waals surface area (Å²) < 4.78 is 47.1. The fourth-order valence-electron chi connectivity index (χ4n) is 10.4. The number of carbonyl (C=O) groups excluding carboxylic acids is 2. The lowest BCUT2D eigenvalue weighted by molar-refractivity contribution is -0.132. The molecule has 8 heterocycles. The molecule has 2 atom stereocenters. The highest BCUT2D eigenvalue weighted by Crippen LogP contribution is 2.49. The van der Waals surface area contributed by atoms with Crippen LogP contribution in [0.3, 0.4) is 0 Å². The third-order valence-electron chi connectivity index (χ3n) is 13.8. The Bertz CT molecular complexity index is 4610. The maximum Gasteiger partial charge on any atom is 0.347 e. The fraction of sp³-hybridized carbons (Fsp3) is 0.0625. The quantitative estimate of drug-likeness (QED) is 0.112. The van der Waals surface area contributed by atoms with Crippen molar-refractivity contribution in [2.75, 3.05) is 0 Å². The number of esters is 2. The molecular weight excluding hydrogens is 1020 g/mol. The average Bonchev–Trinajstić information content (AvgIpc) is 3.62. The van der Waals surface area contributed by atoms with Crippen molar-refractivity contribution in [1.29, 1.82) is 0 Å². The Balaban J connectivity index is 0.000000151. The van der Waals surface area contributed by atoms with Crippen LogP contribution in [0.2, 0.25) is 0 Å². The van der Waals surface area contributed by atoms with Gasteiger partial charge < -0.3 is 36.6 Å². The molecule has 16 heteroatoms. The number of fused-ring (bicyclic) bond motifs is 10. The Morgan fingerprint density at radius 2 is 0.725 bits per heavy atom. The Morgan fingerprint density at radius 3 is 1.11 bits per heavy atom. The van der Waals surface area contributed by atoms with E-state index in [-0.39, 0.29) is 56.4 Å². The van der Waals surface area contributed by atoms with Gasteiger partial charge in [-0.05, 0) is 96.1 Å². The van der Waals surface area contributed by atoms with E-state index in [2.05, 4.69) is 9.97 Å². The van der Waals surface area contributed by atoms with E-state index in [0.717, 1.165) is 10.8 Å². The summed E-state index contributed by atoms with van der Waals surface area (Å²) >= 11 is 0. The first-order valence-corrected chi connectivity index (χ1v) is 25.0. The van der Waals surface area contributed by atoms with Gasteiger partial charge in [0.15, 0.2) is 23.7 Å². The molecule has 0 saturated heterocycles. The summed E-state index contributed by atoms with van der Waals surface area (Å²) in [6.45, 7) is 2.52. The summed E-state index contributed by atoms with van der Waals surface area (Å²) in [6.07, 6.45) is 4.39. The monoisotopic (exact) mass is 1060 g/mol. The normalized spacial score (nSPS) is 14.5. The minimum Gasteiger partial charge on any atom is -0.479 e. The summed E-state index contributed by atoms with van der Waals surface area (Å²) in [4.78, 5) is 87.1. The van der Waals surface area contributed by atoms with Crippen LogP contribution < -0.4 is 41.4 Å². The number of hydrogen-bond acceptors (Lipinski definition) is 16. The van der Waals surface area contributed by atoms with Crippen LogP contribution in [0, 0.1) is 0 Å². The van der Waals surface area contributed by atoms with Gasteiger partial charge in [0, 0.05) is 48.2 Å². The molecule has 6 aromatic carbocycles. The average molecular weight is 1060 g/mol. The third-order valence-corrected chi connectivity index (χ3v) is 13.8. The zero-order valence-corrected chi connectivity index (χ0v) is 42.1. The van der Waals surface area contributed by atoms with Crippen molar-refractivity contribution in [1.82, 2.24) is 9.97 Å². The summed E-state index contributed by atoms with van der Waals surface area (Å²) in [6, 6.07) is 46.1. The van der Waals surface area contributed by atoms with E-state index >= 15 is 0 Å². The van der Waals surface area contributed by atoms with Crippen molar-refractivity contribution >= 4 is 101 Å². The first-order chi connectivity index (χ1) is 39.0. The minimum atomic E-state index is -1.11. The highest BCUT2D eigenvalue weighted by atomic mass is 16.5. The van der Waals surface area contributed by atoms with Crippen LogP contribution in [0.4, 0.5) is 0 Å². The van der Waals surface area contributed by atoms with E-state index in [0.29, 0.717) is 66.0 Å². The predicted molar refractivity (Wildman–Crippen MR) is 299 cm³/mol. The maximum absolute atomic E-state index is 13.7. The fourth-order valence-corrected chi connectivity index (χ4v) is 10.4. The smallest absolute Gasteiger partial charge is 0.347 e. The van der Waals surface area contributed by atoms with Crippen LogP contribution in [0.15, 0.2) is 207 Å². The first-order valence-electron chi connectivity index (χ1n) is 25.0. The van der Waals surface area contributed by atoms with Crippen molar-refractivity contribution in [2.45, 2.75) is 26.1 Å². The van der Waals surface area contributed by atoms with Gasteiger partial charge in [-0.2, -0.15) is 0 Å². The van der Waals surface area contributed by atoms with Gasteiger partial charge >= 0.3 is 34.4 Å². The zero-order chi connectivity index (χ0) is 54.8. The van der Waals surface area contributed by atoms with E-state index in [1.807, 2.05) is 48.5 Å². The minimum absolute atomic E-state index is 0.0102. The van der Waals surface area contributed by atoms with Gasteiger partial charge in [-0.15, -0.1) is 0 Å². The molecule has 0 spiro atoms. The van der Waals surface area contributed by atoms with Crippen LogP contribution in [-0.2, 0) is 9.59 Å². The highest BCUT2D eigenvalue weighted by molar-refractivity contribution is 6.04. The van der Waals surface area contributed by atoms with E-state index in [1.54, 1.807) is 134 Å². The van der Waals surface area contributed by atoms with E-state index in [1.165, 1.54) is 13.8 Å². The van der Waals surface area contributed by atoms with Gasteiger partial charge in [-0.25, -0.2) is 19.2 Å². The second kappa shape index (κ2) is 19.5. The molecule has 388 valence electrons. The van der Waals surface area contributed by atoms with Gasteiger partial charge in [-0.1, -0.05) is 84.9 Å². The highest BCUT2D eigenvalue weighted by Gasteiger charge is 2.38. The van der Waals surface area contributed by atoms with Crippen molar-refractivity contribution in [3.63, 3.8) is 0 Å². The first kappa shape index (κ1) is 48.6. The number of rotatable bonds is 6. The van der Waals surface area contributed by atoms with Crippen molar-refractivity contribution in [2.24, 2.45) is 0 Å². The molecule has 0 amide bonds. The van der Waals surface area contributed by atoms with Gasteiger partial charge in [-0.3, -0.25) is 19.6 Å². The molecule has 14 rings (SSSR count). The number of ether oxygens (including phenoxy) is 4. The summed E-state index contributed by atoms with van der Waals surface area (Å²) in [5, 5.41) is 3.51. The number of benzene rings is 6. The molecule has 16 nitrogen and oxygen atoms in total. The second-order valence-electron chi connectivity index (χ2n) is 18.6. The number of nitrogens with zero attached hydrogens (tertiary/aromatic N) is 2. The summed E-state index contributed by atoms with van der Waals surface area (Å²) in [5.74, 6) is -0.660. The Kier molecular flexibility index (Phi) is 11.9. The zero-order valence-electron chi connectivity index (χ0n) is 42.1. The number of hydrogen-bond donors (Lipinski definition) is 0. The van der Waals surface area contributed by atoms with Crippen LogP contribution in [-0.4, -0.2) is 21.9 Å². The van der Waals surface area contributed by atoms with Crippen LogP contribution in [0.1, 0.15) is 59.4 Å². The number of carbonyl (C=O) groups is 2. The summed E-state index contributed by atoms with van der Waals surface area (Å²) in [5.41, 5.74) is 2.64. The van der Waals surface area contributed by atoms with E-state index in [4.69, 9.17) is 36.6 Å².